The molecule has 0 atom stereocenters. The predicted octanol–water partition coefficient (Wildman–Crippen LogP) is 4.52. The third-order valence-electron chi connectivity index (χ3n) is 3.16. The summed E-state index contributed by atoms with van der Waals surface area (Å²) >= 11 is 13.4. The number of amides is 1. The molecule has 0 aliphatic heterocycles. The number of rotatable bonds is 6. The first kappa shape index (κ1) is 19.4. The highest BCUT2D eigenvalue weighted by Crippen LogP contribution is 2.27. The Bertz CT molecular complexity index is 798. The molecule has 25 heavy (non-hydrogen) atoms. The van der Waals surface area contributed by atoms with Crippen LogP contribution in [0.2, 0.25) is 10.0 Å². The van der Waals surface area contributed by atoms with Gasteiger partial charge in [0.2, 0.25) is 0 Å². The second kappa shape index (κ2) is 8.99. The number of carbonyl (C=O) groups is 2. The lowest BCUT2D eigenvalue weighted by Gasteiger charge is -2.11. The summed E-state index contributed by atoms with van der Waals surface area (Å²) in [5.74, 6) is -0.750. The molecule has 0 aliphatic rings. The average Bonchev–Trinajstić information content (AvgIpc) is 2.60. The molecule has 0 aromatic heterocycles. The molecule has 132 valence electrons. The summed E-state index contributed by atoms with van der Waals surface area (Å²) < 4.78 is 10.2. The van der Waals surface area contributed by atoms with Crippen molar-refractivity contribution < 1.29 is 19.1 Å². The lowest BCUT2D eigenvalue weighted by Crippen LogP contribution is -2.21. The Morgan fingerprint density at radius 3 is 2.60 bits per heavy atom. The number of nitrogens with one attached hydrogen (secondary N) is 1. The zero-order chi connectivity index (χ0) is 18.4. The molecule has 0 bridgehead atoms. The monoisotopic (exact) mass is 399 g/mol. The van der Waals surface area contributed by atoms with Crippen molar-refractivity contribution in [3.05, 3.63) is 52.0 Å². The van der Waals surface area contributed by atoms with Crippen LogP contribution in [0.5, 0.6) is 5.75 Å². The number of thioether (sulfide) groups is 1. The van der Waals surface area contributed by atoms with Gasteiger partial charge in [-0.05, 0) is 42.7 Å². The van der Waals surface area contributed by atoms with Gasteiger partial charge < -0.3 is 14.8 Å². The maximum atomic E-state index is 12.1. The van der Waals surface area contributed by atoms with E-state index in [2.05, 4.69) is 5.32 Å². The van der Waals surface area contributed by atoms with Gasteiger partial charge in [-0.25, -0.2) is 4.79 Å². The first-order valence-electron chi connectivity index (χ1n) is 7.08. The lowest BCUT2D eigenvalue weighted by atomic mass is 10.2. The van der Waals surface area contributed by atoms with E-state index < -0.39 is 18.5 Å². The number of hydrogen-bond acceptors (Lipinski definition) is 5. The normalized spacial score (nSPS) is 10.2. The number of ether oxygens (including phenoxy) is 2. The SMILES string of the molecule is COc1ccc(Cl)cc1NC(=O)COC(=O)c1cc(SC)ccc1Cl. The van der Waals surface area contributed by atoms with Gasteiger partial charge in [-0.1, -0.05) is 23.2 Å². The molecule has 8 heteroatoms. The molecule has 0 saturated carbocycles. The van der Waals surface area contributed by atoms with Crippen molar-refractivity contribution in [2.24, 2.45) is 0 Å². The molecule has 2 aromatic rings. The van der Waals surface area contributed by atoms with Crippen molar-refractivity contribution >= 4 is 52.5 Å². The van der Waals surface area contributed by atoms with Crippen molar-refractivity contribution in [2.45, 2.75) is 4.90 Å². The topological polar surface area (TPSA) is 64.6 Å². The van der Waals surface area contributed by atoms with Crippen LogP contribution < -0.4 is 10.1 Å². The van der Waals surface area contributed by atoms with Crippen LogP contribution in [0.25, 0.3) is 0 Å². The fourth-order valence-electron chi connectivity index (χ4n) is 1.96. The first-order chi connectivity index (χ1) is 11.9. The molecule has 0 spiro atoms. The van der Waals surface area contributed by atoms with Crippen LogP contribution in [0.15, 0.2) is 41.3 Å². The van der Waals surface area contributed by atoms with Gasteiger partial charge in [0.25, 0.3) is 5.91 Å². The third-order valence-corrected chi connectivity index (χ3v) is 4.45. The highest BCUT2D eigenvalue weighted by atomic mass is 35.5. The van der Waals surface area contributed by atoms with Crippen LogP contribution in [0.3, 0.4) is 0 Å². The molecule has 1 N–H and O–H groups in total. The summed E-state index contributed by atoms with van der Waals surface area (Å²) in [4.78, 5) is 25.0. The van der Waals surface area contributed by atoms with E-state index in [1.165, 1.54) is 18.9 Å². The van der Waals surface area contributed by atoms with Crippen molar-refractivity contribution in [3.63, 3.8) is 0 Å². The maximum absolute atomic E-state index is 12.1. The zero-order valence-corrected chi connectivity index (χ0v) is 15.8. The molecule has 0 heterocycles. The standard InChI is InChI=1S/C17H15Cl2NO4S/c1-23-15-6-3-10(18)7-14(15)20-16(21)9-24-17(22)12-8-11(25-2)4-5-13(12)19/h3-8H,9H2,1-2H3,(H,20,21). The number of methoxy groups -OCH3 is 1. The summed E-state index contributed by atoms with van der Waals surface area (Å²) in [6.07, 6.45) is 1.88. The molecule has 0 fully saturated rings. The van der Waals surface area contributed by atoms with Gasteiger partial charge in [0.15, 0.2) is 6.61 Å². The van der Waals surface area contributed by atoms with E-state index in [-0.39, 0.29) is 10.6 Å². The zero-order valence-electron chi connectivity index (χ0n) is 13.5. The van der Waals surface area contributed by atoms with E-state index in [1.54, 1.807) is 36.4 Å². The Balaban J connectivity index is 2.00. The van der Waals surface area contributed by atoms with Crippen LogP contribution in [0, 0.1) is 0 Å². The predicted molar refractivity (Wildman–Crippen MR) is 100 cm³/mol. The van der Waals surface area contributed by atoms with Gasteiger partial charge in [0.1, 0.15) is 5.75 Å². The molecule has 2 aromatic carbocycles. The van der Waals surface area contributed by atoms with Gasteiger partial charge in [-0.2, -0.15) is 0 Å². The second-order valence-corrected chi connectivity index (χ2v) is 6.54. The Hall–Kier alpha value is -1.89. The van der Waals surface area contributed by atoms with Gasteiger partial charge in [0.05, 0.1) is 23.4 Å². The minimum atomic E-state index is -0.672. The highest BCUT2D eigenvalue weighted by molar-refractivity contribution is 7.98. The van der Waals surface area contributed by atoms with Gasteiger partial charge in [-0.3, -0.25) is 4.79 Å². The largest absolute Gasteiger partial charge is 0.495 e. The molecule has 1 amide bonds. The highest BCUT2D eigenvalue weighted by Gasteiger charge is 2.15. The fourth-order valence-corrected chi connectivity index (χ4v) is 2.77. The third kappa shape index (κ3) is 5.29. The van der Waals surface area contributed by atoms with E-state index in [0.717, 1.165) is 4.90 Å². The van der Waals surface area contributed by atoms with Crippen molar-refractivity contribution in [1.29, 1.82) is 0 Å². The number of esters is 1. The van der Waals surface area contributed by atoms with Gasteiger partial charge >= 0.3 is 5.97 Å². The average molecular weight is 400 g/mol. The molecular formula is C17H15Cl2NO4S. The van der Waals surface area contributed by atoms with E-state index >= 15 is 0 Å². The van der Waals surface area contributed by atoms with Gasteiger partial charge in [-0.15, -0.1) is 11.8 Å². The minimum absolute atomic E-state index is 0.210. The van der Waals surface area contributed by atoms with E-state index in [4.69, 9.17) is 32.7 Å². The molecule has 0 saturated heterocycles. The smallest absolute Gasteiger partial charge is 0.340 e. The Morgan fingerprint density at radius 2 is 1.92 bits per heavy atom. The van der Waals surface area contributed by atoms with Crippen molar-refractivity contribution in [2.75, 3.05) is 25.3 Å². The summed E-state index contributed by atoms with van der Waals surface area (Å²) in [5.41, 5.74) is 0.597. The number of carbonyl (C=O) groups excluding carboxylic acids is 2. The Labute approximate surface area is 159 Å². The molecular weight excluding hydrogens is 385 g/mol. The summed E-state index contributed by atoms with van der Waals surface area (Å²) in [6.45, 7) is -0.464. The van der Waals surface area contributed by atoms with E-state index in [9.17, 15) is 9.59 Å². The van der Waals surface area contributed by atoms with Crippen molar-refractivity contribution in [3.8, 4) is 5.75 Å². The Kier molecular flexibility index (Phi) is 6.99. The number of benzene rings is 2. The van der Waals surface area contributed by atoms with Crippen LogP contribution in [0.1, 0.15) is 10.4 Å². The Morgan fingerprint density at radius 1 is 1.16 bits per heavy atom. The van der Waals surface area contributed by atoms with E-state index in [1.807, 2.05) is 6.26 Å². The number of hydrogen-bond donors (Lipinski definition) is 1. The first-order valence-corrected chi connectivity index (χ1v) is 9.06. The van der Waals surface area contributed by atoms with Crippen LogP contribution in [-0.4, -0.2) is 31.8 Å². The number of halogens is 2. The molecule has 0 unspecified atom stereocenters. The van der Waals surface area contributed by atoms with Crippen LogP contribution in [-0.2, 0) is 9.53 Å². The quantitative estimate of drug-likeness (QED) is 0.571. The van der Waals surface area contributed by atoms with Crippen LogP contribution in [0.4, 0.5) is 5.69 Å². The van der Waals surface area contributed by atoms with Gasteiger partial charge in [0, 0.05) is 9.92 Å². The fraction of sp³-hybridized carbons (Fsp3) is 0.176. The molecule has 2 rings (SSSR count). The lowest BCUT2D eigenvalue weighted by molar-refractivity contribution is -0.119. The second-order valence-electron chi connectivity index (χ2n) is 4.81. The molecule has 5 nitrogen and oxygen atoms in total. The van der Waals surface area contributed by atoms with Crippen molar-refractivity contribution in [1.82, 2.24) is 0 Å². The van der Waals surface area contributed by atoms with Crippen LogP contribution >= 0.6 is 35.0 Å². The summed E-state index contributed by atoms with van der Waals surface area (Å²) in [6, 6.07) is 9.82. The maximum Gasteiger partial charge on any atom is 0.340 e. The molecule has 0 radical (unpaired) electrons. The summed E-state index contributed by atoms with van der Waals surface area (Å²) in [5, 5.41) is 3.29. The minimum Gasteiger partial charge on any atom is -0.495 e. The summed E-state index contributed by atoms with van der Waals surface area (Å²) in [7, 11) is 1.47. The number of anilines is 1. The molecule has 0 aliphatic carbocycles. The van der Waals surface area contributed by atoms with E-state index in [0.29, 0.717) is 16.5 Å².